The van der Waals surface area contributed by atoms with Crippen molar-refractivity contribution in [3.05, 3.63) is 32.7 Å². The van der Waals surface area contributed by atoms with Gasteiger partial charge in [-0.25, -0.2) is 4.98 Å². The number of nitrogens with zero attached hydrogens (tertiary/aromatic N) is 3. The summed E-state index contributed by atoms with van der Waals surface area (Å²) in [7, 11) is 0. The zero-order chi connectivity index (χ0) is 14.3. The molecule has 102 valence electrons. The molecule has 3 aromatic rings. The summed E-state index contributed by atoms with van der Waals surface area (Å²) in [4.78, 5) is 16.8. The van der Waals surface area contributed by atoms with Gasteiger partial charge >= 0.3 is 0 Å². The van der Waals surface area contributed by atoms with Crippen molar-refractivity contribution in [2.45, 2.75) is 6.92 Å². The topological polar surface area (TPSA) is 67.8 Å². The summed E-state index contributed by atoms with van der Waals surface area (Å²) in [5, 5.41) is 7.80. The Labute approximate surface area is 131 Å². The van der Waals surface area contributed by atoms with Crippen LogP contribution in [0, 0.1) is 6.92 Å². The van der Waals surface area contributed by atoms with E-state index in [1.54, 1.807) is 13.0 Å². The molecule has 0 aliphatic rings. The summed E-state index contributed by atoms with van der Waals surface area (Å²) in [5.41, 5.74) is 1.17. The van der Waals surface area contributed by atoms with E-state index in [-0.39, 0.29) is 5.91 Å². The highest BCUT2D eigenvalue weighted by Crippen LogP contribution is 2.35. The second-order valence-corrected chi connectivity index (χ2v) is 6.44. The van der Waals surface area contributed by atoms with E-state index in [2.05, 4.69) is 19.9 Å². The van der Waals surface area contributed by atoms with Gasteiger partial charge in [0.2, 0.25) is 0 Å². The molecule has 1 aromatic carbocycles. The van der Waals surface area contributed by atoms with Crippen LogP contribution in [0.3, 0.4) is 0 Å². The number of anilines is 1. The number of hydrogen-bond acceptors (Lipinski definition) is 6. The molecule has 3 rings (SSSR count). The minimum absolute atomic E-state index is 0.279. The zero-order valence-corrected chi connectivity index (χ0v) is 13.1. The fourth-order valence-corrected chi connectivity index (χ4v) is 3.42. The molecule has 0 saturated heterocycles. The number of benzene rings is 1. The van der Waals surface area contributed by atoms with Crippen molar-refractivity contribution in [2.75, 3.05) is 5.32 Å². The van der Waals surface area contributed by atoms with Gasteiger partial charge in [-0.15, -0.1) is 5.10 Å². The second kappa shape index (κ2) is 5.25. The maximum Gasteiger partial charge on any atom is 0.271 e. The van der Waals surface area contributed by atoms with Crippen LogP contribution in [0.5, 0.6) is 0 Å². The van der Waals surface area contributed by atoms with Crippen molar-refractivity contribution in [2.24, 2.45) is 0 Å². The summed E-state index contributed by atoms with van der Waals surface area (Å²) in [6.45, 7) is 1.73. The third kappa shape index (κ3) is 2.37. The first kappa shape index (κ1) is 13.7. The summed E-state index contributed by atoms with van der Waals surface area (Å²) < 4.78 is 4.58. The third-order valence-electron chi connectivity index (χ3n) is 2.53. The number of nitrogens with one attached hydrogen (secondary N) is 1. The monoisotopic (exact) mass is 344 g/mol. The lowest BCUT2D eigenvalue weighted by Crippen LogP contribution is -2.11. The molecule has 1 amide bonds. The predicted octanol–water partition coefficient (Wildman–Crippen LogP) is 4.02. The molecule has 0 saturated carbocycles. The molecule has 0 atom stereocenters. The van der Waals surface area contributed by atoms with Crippen molar-refractivity contribution in [3.8, 4) is 0 Å². The van der Waals surface area contributed by atoms with Gasteiger partial charge in [0.25, 0.3) is 5.91 Å². The number of carbonyl (C=O) groups is 1. The number of thiazole rings is 1. The van der Waals surface area contributed by atoms with E-state index in [1.165, 1.54) is 11.3 Å². The minimum Gasteiger partial charge on any atom is -0.297 e. The van der Waals surface area contributed by atoms with Crippen molar-refractivity contribution in [3.63, 3.8) is 0 Å². The average molecular weight is 345 g/mol. The highest BCUT2D eigenvalue weighted by Gasteiger charge is 2.16. The Balaban J connectivity index is 1.94. The molecule has 0 aliphatic heterocycles. The van der Waals surface area contributed by atoms with Gasteiger partial charge in [-0.05, 0) is 30.6 Å². The number of halogens is 2. The lowest BCUT2D eigenvalue weighted by Gasteiger charge is -1.97. The van der Waals surface area contributed by atoms with Crippen molar-refractivity contribution < 1.29 is 4.79 Å². The van der Waals surface area contributed by atoms with Gasteiger partial charge < -0.3 is 0 Å². The lowest BCUT2D eigenvalue weighted by molar-refractivity contribution is 0.103. The molecular weight excluding hydrogens is 339 g/mol. The van der Waals surface area contributed by atoms with Crippen LogP contribution >= 0.6 is 46.1 Å². The quantitative estimate of drug-likeness (QED) is 0.762. The predicted molar refractivity (Wildman–Crippen MR) is 82.2 cm³/mol. The van der Waals surface area contributed by atoms with Gasteiger partial charge in [-0.3, -0.25) is 10.1 Å². The molecular formula is C11H6Cl2N4OS2. The molecule has 0 unspecified atom stereocenters. The molecule has 0 aliphatic carbocycles. The molecule has 0 radical (unpaired) electrons. The van der Waals surface area contributed by atoms with Gasteiger partial charge in [-0.2, -0.15) is 0 Å². The van der Waals surface area contributed by atoms with Crippen LogP contribution in [-0.2, 0) is 0 Å². The summed E-state index contributed by atoms with van der Waals surface area (Å²) >= 11 is 14.4. The molecule has 5 nitrogen and oxygen atoms in total. The number of fused-ring (bicyclic) bond motifs is 1. The molecule has 20 heavy (non-hydrogen) atoms. The van der Waals surface area contributed by atoms with Crippen LogP contribution in [0.4, 0.5) is 5.13 Å². The van der Waals surface area contributed by atoms with E-state index >= 15 is 0 Å². The van der Waals surface area contributed by atoms with Crippen LogP contribution in [0.1, 0.15) is 15.4 Å². The van der Waals surface area contributed by atoms with E-state index in [4.69, 9.17) is 23.2 Å². The standard InChI is InChI=1S/C11H6Cl2N4OS2/c1-4-9(20-17-16-4)10(18)15-11-14-8-6(19-11)3-2-5(12)7(8)13/h2-3H,1H3,(H,14,15,18). The van der Waals surface area contributed by atoms with Crippen LogP contribution in [0.15, 0.2) is 12.1 Å². The normalized spacial score (nSPS) is 10.9. The van der Waals surface area contributed by atoms with E-state index in [0.717, 1.165) is 16.2 Å². The first-order valence-electron chi connectivity index (χ1n) is 5.41. The fraction of sp³-hybridized carbons (Fsp3) is 0.0909. The Kier molecular flexibility index (Phi) is 3.59. The minimum atomic E-state index is -0.279. The Morgan fingerprint density at radius 3 is 2.85 bits per heavy atom. The van der Waals surface area contributed by atoms with E-state index in [9.17, 15) is 4.79 Å². The van der Waals surface area contributed by atoms with Crippen LogP contribution in [0.2, 0.25) is 10.0 Å². The fourth-order valence-electron chi connectivity index (χ4n) is 1.58. The Morgan fingerprint density at radius 1 is 1.35 bits per heavy atom. The second-order valence-electron chi connectivity index (χ2n) is 3.87. The van der Waals surface area contributed by atoms with Gasteiger partial charge in [0.05, 0.1) is 20.4 Å². The number of aromatic nitrogens is 3. The number of amides is 1. The molecule has 0 fully saturated rings. The largest absolute Gasteiger partial charge is 0.297 e. The van der Waals surface area contributed by atoms with E-state index < -0.39 is 0 Å². The third-order valence-corrected chi connectivity index (χ3v) is 5.09. The maximum absolute atomic E-state index is 12.1. The average Bonchev–Trinajstić information content (AvgIpc) is 3.00. The van der Waals surface area contributed by atoms with Gasteiger partial charge in [0.15, 0.2) is 5.13 Å². The summed E-state index contributed by atoms with van der Waals surface area (Å²) in [6, 6.07) is 3.52. The first-order chi connectivity index (χ1) is 9.56. The van der Waals surface area contributed by atoms with Crippen molar-refractivity contribution in [1.82, 2.24) is 14.6 Å². The highest BCUT2D eigenvalue weighted by molar-refractivity contribution is 7.22. The highest BCUT2D eigenvalue weighted by atomic mass is 35.5. The summed E-state index contributed by atoms with van der Waals surface area (Å²) in [6.07, 6.45) is 0. The Morgan fingerprint density at radius 2 is 2.15 bits per heavy atom. The van der Waals surface area contributed by atoms with Gasteiger partial charge in [-0.1, -0.05) is 39.0 Å². The number of rotatable bonds is 2. The molecule has 9 heteroatoms. The molecule has 0 bridgehead atoms. The summed E-state index contributed by atoms with van der Waals surface area (Å²) in [5.74, 6) is -0.279. The Bertz CT molecular complexity index is 814. The zero-order valence-electron chi connectivity index (χ0n) is 9.98. The van der Waals surface area contributed by atoms with Crippen molar-refractivity contribution >= 4 is 67.3 Å². The molecule has 2 aromatic heterocycles. The smallest absolute Gasteiger partial charge is 0.271 e. The first-order valence-corrected chi connectivity index (χ1v) is 7.75. The van der Waals surface area contributed by atoms with Crippen LogP contribution in [-0.4, -0.2) is 20.5 Å². The molecule has 1 N–H and O–H groups in total. The van der Waals surface area contributed by atoms with E-state index in [0.29, 0.717) is 31.3 Å². The lowest BCUT2D eigenvalue weighted by atomic mass is 10.3. The number of hydrogen-bond donors (Lipinski definition) is 1. The van der Waals surface area contributed by atoms with Crippen molar-refractivity contribution in [1.29, 1.82) is 0 Å². The van der Waals surface area contributed by atoms with Crippen LogP contribution < -0.4 is 5.32 Å². The Hall–Kier alpha value is -1.28. The van der Waals surface area contributed by atoms with Gasteiger partial charge in [0.1, 0.15) is 10.4 Å². The SMILES string of the molecule is Cc1nnsc1C(=O)Nc1nc2c(Cl)c(Cl)ccc2s1. The number of aryl methyl sites for hydroxylation is 1. The number of carbonyl (C=O) groups excluding carboxylic acids is 1. The van der Waals surface area contributed by atoms with Crippen LogP contribution in [0.25, 0.3) is 10.2 Å². The molecule has 0 spiro atoms. The molecule has 2 heterocycles. The van der Waals surface area contributed by atoms with Gasteiger partial charge in [0, 0.05) is 0 Å². The maximum atomic E-state index is 12.1. The van der Waals surface area contributed by atoms with E-state index in [1.807, 2.05) is 6.07 Å².